The molecule has 0 aliphatic carbocycles. The SMILES string of the molecule is O=C([C@H]1CCC(OCc2ccccc2)CO1)N1CCc2ccccc2[C@@H]1c1ccc(F)cc1. The second-order valence-electron chi connectivity index (χ2n) is 8.75. The Morgan fingerprint density at radius 3 is 2.48 bits per heavy atom. The van der Waals surface area contributed by atoms with Gasteiger partial charge < -0.3 is 14.4 Å². The highest BCUT2D eigenvalue weighted by atomic mass is 19.1. The fraction of sp³-hybridized carbons (Fsp3) is 0.321. The van der Waals surface area contributed by atoms with Gasteiger partial charge in [-0.2, -0.15) is 0 Å². The molecule has 2 heterocycles. The van der Waals surface area contributed by atoms with Crippen LogP contribution in [-0.4, -0.2) is 36.2 Å². The maximum atomic E-state index is 13.6. The van der Waals surface area contributed by atoms with Gasteiger partial charge in [0.25, 0.3) is 5.91 Å². The minimum atomic E-state index is -0.477. The van der Waals surface area contributed by atoms with Gasteiger partial charge in [-0.3, -0.25) is 4.79 Å². The van der Waals surface area contributed by atoms with Crippen LogP contribution in [0.5, 0.6) is 0 Å². The number of amides is 1. The van der Waals surface area contributed by atoms with Gasteiger partial charge in [-0.05, 0) is 53.6 Å². The molecule has 2 aliphatic heterocycles. The van der Waals surface area contributed by atoms with Crippen LogP contribution in [0.1, 0.15) is 41.1 Å². The second-order valence-corrected chi connectivity index (χ2v) is 8.75. The predicted molar refractivity (Wildman–Crippen MR) is 124 cm³/mol. The molecule has 4 nitrogen and oxygen atoms in total. The number of nitrogens with zero attached hydrogens (tertiary/aromatic N) is 1. The summed E-state index contributed by atoms with van der Waals surface area (Å²) in [5, 5.41) is 0. The Labute approximate surface area is 193 Å². The molecule has 0 saturated carbocycles. The van der Waals surface area contributed by atoms with Gasteiger partial charge in [0, 0.05) is 6.54 Å². The highest BCUT2D eigenvalue weighted by molar-refractivity contribution is 5.82. The van der Waals surface area contributed by atoms with Crippen LogP contribution in [0.25, 0.3) is 0 Å². The molecule has 0 bridgehead atoms. The van der Waals surface area contributed by atoms with E-state index in [1.165, 1.54) is 17.7 Å². The average molecular weight is 446 g/mol. The van der Waals surface area contributed by atoms with Gasteiger partial charge in [-0.15, -0.1) is 0 Å². The van der Waals surface area contributed by atoms with Crippen molar-refractivity contribution in [2.45, 2.75) is 44.1 Å². The molecule has 2 aliphatic rings. The average Bonchev–Trinajstić information content (AvgIpc) is 2.88. The highest BCUT2D eigenvalue weighted by Crippen LogP contribution is 2.36. The third kappa shape index (κ3) is 4.85. The van der Waals surface area contributed by atoms with Crippen LogP contribution in [0.3, 0.4) is 0 Å². The van der Waals surface area contributed by atoms with E-state index in [-0.39, 0.29) is 23.9 Å². The maximum Gasteiger partial charge on any atom is 0.252 e. The lowest BCUT2D eigenvalue weighted by Crippen LogP contribution is -2.48. The van der Waals surface area contributed by atoms with E-state index in [4.69, 9.17) is 9.47 Å². The smallest absolute Gasteiger partial charge is 0.252 e. The Morgan fingerprint density at radius 1 is 0.970 bits per heavy atom. The molecule has 1 saturated heterocycles. The van der Waals surface area contributed by atoms with E-state index >= 15 is 0 Å². The molecule has 3 atom stereocenters. The monoisotopic (exact) mass is 445 g/mol. The zero-order valence-corrected chi connectivity index (χ0v) is 18.5. The molecule has 1 unspecified atom stereocenters. The van der Waals surface area contributed by atoms with E-state index in [9.17, 15) is 9.18 Å². The third-order valence-electron chi connectivity index (χ3n) is 6.59. The molecular weight excluding hydrogens is 417 g/mol. The highest BCUT2D eigenvalue weighted by Gasteiger charge is 2.37. The van der Waals surface area contributed by atoms with Crippen molar-refractivity contribution in [1.82, 2.24) is 4.90 Å². The lowest BCUT2D eigenvalue weighted by Gasteiger charge is -2.40. The van der Waals surface area contributed by atoms with Crippen LogP contribution in [0.15, 0.2) is 78.9 Å². The van der Waals surface area contributed by atoms with Crippen LogP contribution in [0.4, 0.5) is 4.39 Å². The first-order valence-corrected chi connectivity index (χ1v) is 11.6. The summed E-state index contributed by atoms with van der Waals surface area (Å²) in [5.41, 5.74) is 4.38. The molecule has 1 fully saturated rings. The number of carbonyl (C=O) groups is 1. The third-order valence-corrected chi connectivity index (χ3v) is 6.59. The second kappa shape index (κ2) is 9.86. The van der Waals surface area contributed by atoms with Crippen molar-refractivity contribution in [1.29, 1.82) is 0 Å². The van der Waals surface area contributed by atoms with Crippen molar-refractivity contribution >= 4 is 5.91 Å². The Balaban J connectivity index is 1.28. The molecule has 0 N–H and O–H groups in total. The predicted octanol–water partition coefficient (Wildman–Crippen LogP) is 5.06. The molecule has 0 aromatic heterocycles. The van der Waals surface area contributed by atoms with Crippen LogP contribution in [0, 0.1) is 5.82 Å². The number of carbonyl (C=O) groups excluding carboxylic acids is 1. The zero-order chi connectivity index (χ0) is 22.6. The van der Waals surface area contributed by atoms with Crippen molar-refractivity contribution < 1.29 is 18.7 Å². The summed E-state index contributed by atoms with van der Waals surface area (Å²) >= 11 is 0. The standard InChI is InChI=1S/C28H28FNO3/c29-23-12-10-22(11-13-23)27-25-9-5-4-8-21(25)16-17-30(27)28(31)26-15-14-24(19-33-26)32-18-20-6-2-1-3-7-20/h1-13,24,26-27H,14-19H2/t24?,26-,27+/m1/s1. The number of benzene rings is 3. The van der Waals surface area contributed by atoms with Crippen molar-refractivity contribution in [3.8, 4) is 0 Å². The van der Waals surface area contributed by atoms with Gasteiger partial charge in [0.1, 0.15) is 11.9 Å². The molecule has 3 aromatic rings. The lowest BCUT2D eigenvalue weighted by molar-refractivity contribution is -0.156. The first-order valence-electron chi connectivity index (χ1n) is 11.6. The van der Waals surface area contributed by atoms with Gasteiger partial charge in [0.05, 0.1) is 25.4 Å². The Morgan fingerprint density at radius 2 is 1.73 bits per heavy atom. The molecule has 1 amide bonds. The summed E-state index contributed by atoms with van der Waals surface area (Å²) in [6.07, 6.45) is 1.73. The number of ether oxygens (including phenoxy) is 2. The molecule has 170 valence electrons. The zero-order valence-electron chi connectivity index (χ0n) is 18.5. The molecular formula is C28H28FNO3. The van der Waals surface area contributed by atoms with Gasteiger partial charge in [-0.25, -0.2) is 4.39 Å². The molecule has 0 radical (unpaired) electrons. The molecule has 0 spiro atoms. The largest absolute Gasteiger partial charge is 0.371 e. The summed E-state index contributed by atoms with van der Waals surface area (Å²) in [4.78, 5) is 15.5. The van der Waals surface area contributed by atoms with Gasteiger partial charge in [0.15, 0.2) is 0 Å². The summed E-state index contributed by atoms with van der Waals surface area (Å²) < 4.78 is 25.6. The minimum Gasteiger partial charge on any atom is -0.371 e. The maximum absolute atomic E-state index is 13.6. The van der Waals surface area contributed by atoms with Crippen molar-refractivity contribution in [2.75, 3.05) is 13.2 Å². The van der Waals surface area contributed by atoms with Gasteiger partial charge in [0.2, 0.25) is 0 Å². The Kier molecular flexibility index (Phi) is 6.51. The normalized spacial score (nSPS) is 22.6. The van der Waals surface area contributed by atoms with Crippen LogP contribution in [0.2, 0.25) is 0 Å². The first-order chi connectivity index (χ1) is 16.2. The first kappa shape index (κ1) is 21.8. The summed E-state index contributed by atoms with van der Waals surface area (Å²) in [7, 11) is 0. The molecule has 3 aromatic carbocycles. The van der Waals surface area contributed by atoms with Crippen LogP contribution in [-0.2, 0) is 27.3 Å². The van der Waals surface area contributed by atoms with E-state index < -0.39 is 6.10 Å². The van der Waals surface area contributed by atoms with Crippen LogP contribution >= 0.6 is 0 Å². The minimum absolute atomic E-state index is 0.000312. The number of hydrogen-bond acceptors (Lipinski definition) is 3. The molecule has 5 heteroatoms. The van der Waals surface area contributed by atoms with Gasteiger partial charge in [-0.1, -0.05) is 66.7 Å². The number of rotatable bonds is 5. The number of fused-ring (bicyclic) bond motifs is 1. The fourth-order valence-corrected chi connectivity index (χ4v) is 4.84. The quantitative estimate of drug-likeness (QED) is 0.551. The lowest BCUT2D eigenvalue weighted by atomic mass is 9.87. The van der Waals surface area contributed by atoms with E-state index in [1.54, 1.807) is 12.1 Å². The summed E-state index contributed by atoms with van der Waals surface area (Å²) in [6, 6.07) is 24.5. The van der Waals surface area contributed by atoms with E-state index in [1.807, 2.05) is 47.4 Å². The topological polar surface area (TPSA) is 38.8 Å². The fourth-order valence-electron chi connectivity index (χ4n) is 4.84. The van der Waals surface area contributed by atoms with Crippen molar-refractivity contribution in [3.63, 3.8) is 0 Å². The number of hydrogen-bond donors (Lipinski definition) is 0. The van der Waals surface area contributed by atoms with Crippen molar-refractivity contribution in [3.05, 3.63) is 107 Å². The Bertz CT molecular complexity index is 1080. The van der Waals surface area contributed by atoms with E-state index in [2.05, 4.69) is 12.1 Å². The van der Waals surface area contributed by atoms with Crippen LogP contribution < -0.4 is 0 Å². The molecule has 33 heavy (non-hydrogen) atoms. The van der Waals surface area contributed by atoms with E-state index in [0.29, 0.717) is 26.2 Å². The summed E-state index contributed by atoms with van der Waals surface area (Å²) in [6.45, 7) is 1.57. The van der Waals surface area contributed by atoms with E-state index in [0.717, 1.165) is 29.5 Å². The number of halogens is 1. The Hall–Kier alpha value is -3.02. The van der Waals surface area contributed by atoms with Gasteiger partial charge >= 0.3 is 0 Å². The van der Waals surface area contributed by atoms with Crippen molar-refractivity contribution in [2.24, 2.45) is 0 Å². The summed E-state index contributed by atoms with van der Waals surface area (Å²) in [5.74, 6) is -0.279. The molecule has 5 rings (SSSR count).